The molecule has 0 saturated heterocycles. The zero-order valence-corrected chi connectivity index (χ0v) is 8.79. The number of hydrogen-bond donors (Lipinski definition) is 2. The predicted octanol–water partition coefficient (Wildman–Crippen LogP) is 1.13. The first-order valence-electron chi connectivity index (χ1n) is 4.86. The van der Waals surface area contributed by atoms with Crippen LogP contribution in [-0.2, 0) is 6.54 Å². The number of rotatable bonds is 5. The van der Waals surface area contributed by atoms with E-state index in [9.17, 15) is 0 Å². The Morgan fingerprint density at radius 1 is 1.50 bits per heavy atom. The van der Waals surface area contributed by atoms with Crippen LogP contribution in [-0.4, -0.2) is 19.7 Å². The van der Waals surface area contributed by atoms with Crippen molar-refractivity contribution in [2.75, 3.05) is 13.6 Å². The Labute approximate surface area is 85.3 Å². The monoisotopic (exact) mass is 194 g/mol. The molecule has 3 heteroatoms. The van der Waals surface area contributed by atoms with E-state index in [0.29, 0.717) is 6.54 Å². The number of nitrogens with one attached hydrogen (secondary N) is 1. The van der Waals surface area contributed by atoms with Crippen LogP contribution in [0.3, 0.4) is 0 Å². The molecular weight excluding hydrogens is 176 g/mol. The van der Waals surface area contributed by atoms with Crippen LogP contribution in [0.4, 0.5) is 0 Å². The highest BCUT2D eigenvalue weighted by molar-refractivity contribution is 5.28. The molecule has 1 rings (SSSR count). The number of hydrogen-bond acceptors (Lipinski definition) is 3. The van der Waals surface area contributed by atoms with Crippen molar-refractivity contribution in [1.29, 1.82) is 0 Å². The van der Waals surface area contributed by atoms with Crippen LogP contribution in [0, 0.1) is 0 Å². The molecule has 78 valence electrons. The minimum Gasteiger partial charge on any atom is -0.489 e. The Morgan fingerprint density at radius 3 is 2.93 bits per heavy atom. The fourth-order valence-electron chi connectivity index (χ4n) is 1.21. The van der Waals surface area contributed by atoms with Gasteiger partial charge in [-0.05, 0) is 31.7 Å². The summed E-state index contributed by atoms with van der Waals surface area (Å²) < 4.78 is 5.60. The quantitative estimate of drug-likeness (QED) is 0.738. The van der Waals surface area contributed by atoms with Gasteiger partial charge in [0.1, 0.15) is 11.9 Å². The lowest BCUT2D eigenvalue weighted by Gasteiger charge is -2.13. The number of benzene rings is 1. The highest BCUT2D eigenvalue weighted by Crippen LogP contribution is 2.14. The second-order valence-electron chi connectivity index (χ2n) is 3.34. The van der Waals surface area contributed by atoms with Crippen molar-refractivity contribution in [2.24, 2.45) is 5.73 Å². The van der Waals surface area contributed by atoms with Gasteiger partial charge in [0.25, 0.3) is 0 Å². The second kappa shape index (κ2) is 5.62. The first kappa shape index (κ1) is 11.0. The molecule has 0 heterocycles. The summed E-state index contributed by atoms with van der Waals surface area (Å²) in [6, 6.07) is 8.04. The van der Waals surface area contributed by atoms with E-state index < -0.39 is 0 Å². The van der Waals surface area contributed by atoms with Crippen molar-refractivity contribution in [1.82, 2.24) is 5.32 Å². The summed E-state index contributed by atoms with van der Waals surface area (Å²) in [5, 5.41) is 3.10. The maximum atomic E-state index is 5.60. The van der Waals surface area contributed by atoms with E-state index in [-0.39, 0.29) is 6.10 Å². The SMILES string of the molecule is CNCc1cccc(OC(C)CN)c1. The normalized spacial score (nSPS) is 12.5. The topological polar surface area (TPSA) is 47.3 Å². The third kappa shape index (κ3) is 3.36. The van der Waals surface area contributed by atoms with E-state index in [1.807, 2.05) is 32.2 Å². The van der Waals surface area contributed by atoms with Gasteiger partial charge in [0, 0.05) is 13.1 Å². The van der Waals surface area contributed by atoms with E-state index in [1.54, 1.807) is 0 Å². The molecule has 0 saturated carbocycles. The summed E-state index contributed by atoms with van der Waals surface area (Å²) in [5.41, 5.74) is 6.70. The minimum absolute atomic E-state index is 0.0693. The Bertz CT molecular complexity index is 276. The Morgan fingerprint density at radius 2 is 2.29 bits per heavy atom. The van der Waals surface area contributed by atoms with Gasteiger partial charge < -0.3 is 15.8 Å². The van der Waals surface area contributed by atoms with Gasteiger partial charge in [-0.3, -0.25) is 0 Å². The van der Waals surface area contributed by atoms with Crippen molar-refractivity contribution in [3.8, 4) is 5.75 Å². The van der Waals surface area contributed by atoms with Crippen molar-refractivity contribution in [2.45, 2.75) is 19.6 Å². The molecule has 0 amide bonds. The van der Waals surface area contributed by atoms with E-state index in [4.69, 9.17) is 10.5 Å². The molecule has 1 atom stereocenters. The summed E-state index contributed by atoms with van der Waals surface area (Å²) in [7, 11) is 1.93. The first-order chi connectivity index (χ1) is 6.76. The summed E-state index contributed by atoms with van der Waals surface area (Å²) in [6.45, 7) is 3.36. The van der Waals surface area contributed by atoms with Crippen LogP contribution in [0.1, 0.15) is 12.5 Å². The molecule has 0 fully saturated rings. The van der Waals surface area contributed by atoms with Gasteiger partial charge in [-0.15, -0.1) is 0 Å². The summed E-state index contributed by atoms with van der Waals surface area (Å²) >= 11 is 0. The molecule has 1 unspecified atom stereocenters. The van der Waals surface area contributed by atoms with Gasteiger partial charge in [-0.25, -0.2) is 0 Å². The van der Waals surface area contributed by atoms with Gasteiger partial charge in [0.2, 0.25) is 0 Å². The zero-order chi connectivity index (χ0) is 10.4. The lowest BCUT2D eigenvalue weighted by Crippen LogP contribution is -2.22. The maximum Gasteiger partial charge on any atom is 0.120 e. The maximum absolute atomic E-state index is 5.60. The molecule has 3 nitrogen and oxygen atoms in total. The van der Waals surface area contributed by atoms with Gasteiger partial charge in [0.15, 0.2) is 0 Å². The third-order valence-electron chi connectivity index (χ3n) is 1.95. The first-order valence-corrected chi connectivity index (χ1v) is 4.86. The van der Waals surface area contributed by atoms with E-state index in [0.717, 1.165) is 12.3 Å². The van der Waals surface area contributed by atoms with Crippen LogP contribution in [0.25, 0.3) is 0 Å². The van der Waals surface area contributed by atoms with Gasteiger partial charge in [0.05, 0.1) is 0 Å². The van der Waals surface area contributed by atoms with Crippen LogP contribution in [0.2, 0.25) is 0 Å². The third-order valence-corrected chi connectivity index (χ3v) is 1.95. The highest BCUT2D eigenvalue weighted by Gasteiger charge is 2.01. The highest BCUT2D eigenvalue weighted by atomic mass is 16.5. The molecule has 3 N–H and O–H groups in total. The lowest BCUT2D eigenvalue weighted by molar-refractivity contribution is 0.229. The molecule has 0 aliphatic heterocycles. The number of ether oxygens (including phenoxy) is 1. The smallest absolute Gasteiger partial charge is 0.120 e. The van der Waals surface area contributed by atoms with Crippen LogP contribution in [0.15, 0.2) is 24.3 Å². The molecule has 0 aromatic heterocycles. The molecule has 0 aliphatic carbocycles. The standard InChI is InChI=1S/C11H18N2O/c1-9(7-12)14-11-5-3-4-10(6-11)8-13-2/h3-6,9,13H,7-8,12H2,1-2H3. The molecule has 0 radical (unpaired) electrons. The Hall–Kier alpha value is -1.06. The van der Waals surface area contributed by atoms with Gasteiger partial charge >= 0.3 is 0 Å². The van der Waals surface area contributed by atoms with Crippen molar-refractivity contribution in [3.63, 3.8) is 0 Å². The fraction of sp³-hybridized carbons (Fsp3) is 0.455. The lowest BCUT2D eigenvalue weighted by atomic mass is 10.2. The Balaban J connectivity index is 2.63. The molecular formula is C11H18N2O. The van der Waals surface area contributed by atoms with Crippen LogP contribution >= 0.6 is 0 Å². The van der Waals surface area contributed by atoms with E-state index >= 15 is 0 Å². The molecule has 1 aromatic carbocycles. The molecule has 14 heavy (non-hydrogen) atoms. The molecule has 1 aromatic rings. The van der Waals surface area contributed by atoms with Crippen molar-refractivity contribution < 1.29 is 4.74 Å². The second-order valence-corrected chi connectivity index (χ2v) is 3.34. The number of nitrogens with two attached hydrogens (primary N) is 1. The van der Waals surface area contributed by atoms with Crippen molar-refractivity contribution >= 4 is 0 Å². The molecule has 0 bridgehead atoms. The summed E-state index contributed by atoms with van der Waals surface area (Å²) in [6.07, 6.45) is 0.0693. The van der Waals surface area contributed by atoms with E-state index in [2.05, 4.69) is 11.4 Å². The predicted molar refractivity (Wildman–Crippen MR) is 58.4 cm³/mol. The van der Waals surface area contributed by atoms with E-state index in [1.165, 1.54) is 5.56 Å². The van der Waals surface area contributed by atoms with Crippen molar-refractivity contribution in [3.05, 3.63) is 29.8 Å². The van der Waals surface area contributed by atoms with Crippen LogP contribution in [0.5, 0.6) is 5.75 Å². The minimum atomic E-state index is 0.0693. The largest absolute Gasteiger partial charge is 0.489 e. The van der Waals surface area contributed by atoms with Gasteiger partial charge in [-0.1, -0.05) is 12.1 Å². The summed E-state index contributed by atoms with van der Waals surface area (Å²) in [5.74, 6) is 0.885. The fourth-order valence-corrected chi connectivity index (χ4v) is 1.21. The van der Waals surface area contributed by atoms with Gasteiger partial charge in [-0.2, -0.15) is 0 Å². The average molecular weight is 194 g/mol. The average Bonchev–Trinajstić information content (AvgIpc) is 2.19. The Kier molecular flexibility index (Phi) is 4.43. The summed E-state index contributed by atoms with van der Waals surface area (Å²) in [4.78, 5) is 0. The molecule has 0 aliphatic rings. The zero-order valence-electron chi connectivity index (χ0n) is 8.79. The van der Waals surface area contributed by atoms with Crippen LogP contribution < -0.4 is 15.8 Å². The molecule has 0 spiro atoms.